The minimum atomic E-state index is -0.527. The van der Waals surface area contributed by atoms with Crippen LogP contribution in [0.2, 0.25) is 0 Å². The second-order valence-electron chi connectivity index (χ2n) is 6.19. The highest BCUT2D eigenvalue weighted by Gasteiger charge is 2.25. The van der Waals surface area contributed by atoms with Gasteiger partial charge in [0.15, 0.2) is 0 Å². The molecule has 2 rings (SSSR count). The van der Waals surface area contributed by atoms with Gasteiger partial charge in [0.1, 0.15) is 5.82 Å². The maximum absolute atomic E-state index is 12.9. The fourth-order valence-corrected chi connectivity index (χ4v) is 2.51. The molecule has 0 unspecified atom stereocenters. The van der Waals surface area contributed by atoms with Crippen LogP contribution in [0.1, 0.15) is 20.3 Å². The zero-order valence-electron chi connectivity index (χ0n) is 13.7. The number of carbonyl (C=O) groups is 2. The van der Waals surface area contributed by atoms with Crippen LogP contribution < -0.4 is 10.2 Å². The van der Waals surface area contributed by atoms with Gasteiger partial charge in [0, 0.05) is 38.4 Å². The van der Waals surface area contributed by atoms with Crippen LogP contribution in [0.25, 0.3) is 0 Å². The maximum Gasteiger partial charge on any atom is 0.312 e. The predicted molar refractivity (Wildman–Crippen MR) is 87.7 cm³/mol. The first-order valence-electron chi connectivity index (χ1n) is 8.05. The standard InChI is InChI=1S/C17H24FN3O2/c1-13(2)7-8-19-16(22)17(23)21-11-9-20(10-12-21)15-5-3-14(18)4-6-15/h3-6,13H,7-12H2,1-2H3,(H,19,22). The van der Waals surface area contributed by atoms with Gasteiger partial charge in [-0.1, -0.05) is 13.8 Å². The fraction of sp³-hybridized carbons (Fsp3) is 0.529. The van der Waals surface area contributed by atoms with Crippen molar-refractivity contribution in [3.8, 4) is 0 Å². The van der Waals surface area contributed by atoms with Crippen molar-refractivity contribution in [2.45, 2.75) is 20.3 Å². The lowest BCUT2D eigenvalue weighted by molar-refractivity contribution is -0.146. The molecule has 23 heavy (non-hydrogen) atoms. The van der Waals surface area contributed by atoms with E-state index in [0.29, 0.717) is 38.6 Å². The third-order valence-corrected chi connectivity index (χ3v) is 3.96. The normalized spacial score (nSPS) is 15.0. The number of carbonyl (C=O) groups excluding carboxylic acids is 2. The third kappa shape index (κ3) is 4.94. The molecule has 0 saturated carbocycles. The Balaban J connectivity index is 1.80. The van der Waals surface area contributed by atoms with Gasteiger partial charge in [-0.2, -0.15) is 0 Å². The number of rotatable bonds is 4. The van der Waals surface area contributed by atoms with Crippen LogP contribution in [0.15, 0.2) is 24.3 Å². The highest BCUT2D eigenvalue weighted by atomic mass is 19.1. The summed E-state index contributed by atoms with van der Waals surface area (Å²) in [6, 6.07) is 6.31. The van der Waals surface area contributed by atoms with E-state index in [1.165, 1.54) is 12.1 Å². The number of hydrogen-bond donors (Lipinski definition) is 1. The summed E-state index contributed by atoms with van der Waals surface area (Å²) in [5.74, 6) is -0.765. The van der Waals surface area contributed by atoms with E-state index < -0.39 is 11.8 Å². The number of anilines is 1. The van der Waals surface area contributed by atoms with E-state index in [4.69, 9.17) is 0 Å². The maximum atomic E-state index is 12.9. The Kier molecular flexibility index (Phi) is 5.96. The van der Waals surface area contributed by atoms with Gasteiger partial charge in [-0.15, -0.1) is 0 Å². The van der Waals surface area contributed by atoms with E-state index in [2.05, 4.69) is 24.1 Å². The van der Waals surface area contributed by atoms with Gasteiger partial charge in [-0.25, -0.2) is 4.39 Å². The van der Waals surface area contributed by atoms with Crippen LogP contribution in [0.4, 0.5) is 10.1 Å². The number of benzene rings is 1. The molecule has 0 radical (unpaired) electrons. The summed E-state index contributed by atoms with van der Waals surface area (Å²) in [6.07, 6.45) is 0.858. The van der Waals surface area contributed by atoms with Gasteiger partial charge in [-0.3, -0.25) is 9.59 Å². The number of nitrogens with one attached hydrogen (secondary N) is 1. The highest BCUT2D eigenvalue weighted by molar-refractivity contribution is 6.35. The second kappa shape index (κ2) is 7.94. The van der Waals surface area contributed by atoms with Crippen LogP contribution in [0.5, 0.6) is 0 Å². The lowest BCUT2D eigenvalue weighted by atomic mass is 10.1. The molecule has 1 N–H and O–H groups in total. The summed E-state index contributed by atoms with van der Waals surface area (Å²) < 4.78 is 12.9. The topological polar surface area (TPSA) is 52.7 Å². The van der Waals surface area contributed by atoms with Crippen molar-refractivity contribution >= 4 is 17.5 Å². The molecule has 0 atom stereocenters. The molecule has 1 aliphatic heterocycles. The molecule has 1 saturated heterocycles. The number of nitrogens with zero attached hydrogens (tertiary/aromatic N) is 2. The van der Waals surface area contributed by atoms with Crippen molar-refractivity contribution in [2.75, 3.05) is 37.6 Å². The molecule has 1 fully saturated rings. The van der Waals surface area contributed by atoms with Gasteiger partial charge in [0.05, 0.1) is 0 Å². The van der Waals surface area contributed by atoms with E-state index >= 15 is 0 Å². The smallest absolute Gasteiger partial charge is 0.312 e. The van der Waals surface area contributed by atoms with Gasteiger partial charge >= 0.3 is 11.8 Å². The zero-order valence-corrected chi connectivity index (χ0v) is 13.7. The van der Waals surface area contributed by atoms with Crippen LogP contribution in [-0.4, -0.2) is 49.4 Å². The molecule has 0 spiro atoms. The van der Waals surface area contributed by atoms with E-state index in [9.17, 15) is 14.0 Å². The molecule has 0 bridgehead atoms. The number of hydrogen-bond acceptors (Lipinski definition) is 3. The summed E-state index contributed by atoms with van der Waals surface area (Å²) in [6.45, 7) is 6.93. The Bertz CT molecular complexity index is 537. The number of halogens is 1. The molecule has 0 aromatic heterocycles. The predicted octanol–water partition coefficient (Wildman–Crippen LogP) is 1.64. The second-order valence-corrected chi connectivity index (χ2v) is 6.19. The van der Waals surface area contributed by atoms with Crippen molar-refractivity contribution in [3.63, 3.8) is 0 Å². The Morgan fingerprint density at radius 3 is 2.30 bits per heavy atom. The molecule has 1 aromatic rings. The minimum Gasteiger partial charge on any atom is -0.368 e. The molecular weight excluding hydrogens is 297 g/mol. The van der Waals surface area contributed by atoms with Crippen LogP contribution in [0, 0.1) is 11.7 Å². The van der Waals surface area contributed by atoms with Gasteiger partial charge < -0.3 is 15.1 Å². The fourth-order valence-electron chi connectivity index (χ4n) is 2.51. The van der Waals surface area contributed by atoms with Crippen LogP contribution in [-0.2, 0) is 9.59 Å². The first kappa shape index (κ1) is 17.2. The molecule has 6 heteroatoms. The monoisotopic (exact) mass is 321 g/mol. The first-order chi connectivity index (χ1) is 11.0. The largest absolute Gasteiger partial charge is 0.368 e. The summed E-state index contributed by atoms with van der Waals surface area (Å²) in [4.78, 5) is 27.6. The van der Waals surface area contributed by atoms with E-state index in [1.54, 1.807) is 17.0 Å². The van der Waals surface area contributed by atoms with Gasteiger partial charge in [-0.05, 0) is 36.6 Å². The van der Waals surface area contributed by atoms with Gasteiger partial charge in [0.2, 0.25) is 0 Å². The SMILES string of the molecule is CC(C)CCNC(=O)C(=O)N1CCN(c2ccc(F)cc2)CC1. The molecule has 1 aliphatic rings. The van der Waals surface area contributed by atoms with Crippen LogP contribution in [0.3, 0.4) is 0 Å². The summed E-state index contributed by atoms with van der Waals surface area (Å²) in [5.41, 5.74) is 0.930. The van der Waals surface area contributed by atoms with Crippen LogP contribution >= 0.6 is 0 Å². The average molecular weight is 321 g/mol. The quantitative estimate of drug-likeness (QED) is 0.858. The van der Waals surface area contributed by atoms with Gasteiger partial charge in [0.25, 0.3) is 0 Å². The Hall–Kier alpha value is -2.11. The van der Waals surface area contributed by atoms with Crippen molar-refractivity contribution in [1.29, 1.82) is 0 Å². The molecule has 1 heterocycles. The van der Waals surface area contributed by atoms with E-state index in [-0.39, 0.29) is 5.82 Å². The zero-order chi connectivity index (χ0) is 16.8. The van der Waals surface area contributed by atoms with Crippen molar-refractivity contribution < 1.29 is 14.0 Å². The Labute approximate surface area is 136 Å². The average Bonchev–Trinajstić information content (AvgIpc) is 2.54. The van der Waals surface area contributed by atoms with Crippen molar-refractivity contribution in [1.82, 2.24) is 10.2 Å². The van der Waals surface area contributed by atoms with Crippen molar-refractivity contribution in [2.24, 2.45) is 5.92 Å². The number of amides is 2. The lowest BCUT2D eigenvalue weighted by Gasteiger charge is -2.35. The summed E-state index contributed by atoms with van der Waals surface area (Å²) in [5, 5.41) is 2.67. The highest BCUT2D eigenvalue weighted by Crippen LogP contribution is 2.16. The molecule has 5 nitrogen and oxygen atoms in total. The number of piperazine rings is 1. The Morgan fingerprint density at radius 2 is 1.74 bits per heavy atom. The lowest BCUT2D eigenvalue weighted by Crippen LogP contribution is -2.52. The van der Waals surface area contributed by atoms with E-state index in [0.717, 1.165) is 12.1 Å². The van der Waals surface area contributed by atoms with Crippen molar-refractivity contribution in [3.05, 3.63) is 30.1 Å². The summed E-state index contributed by atoms with van der Waals surface area (Å²) >= 11 is 0. The summed E-state index contributed by atoms with van der Waals surface area (Å²) in [7, 11) is 0. The molecule has 1 aromatic carbocycles. The molecule has 2 amide bonds. The molecule has 0 aliphatic carbocycles. The molecule has 126 valence electrons. The van der Waals surface area contributed by atoms with E-state index in [1.807, 2.05) is 0 Å². The third-order valence-electron chi connectivity index (χ3n) is 3.96. The Morgan fingerprint density at radius 1 is 1.13 bits per heavy atom. The first-order valence-corrected chi connectivity index (χ1v) is 8.05. The minimum absolute atomic E-state index is 0.263. The molecular formula is C17H24FN3O2.